The van der Waals surface area contributed by atoms with E-state index in [9.17, 15) is 9.90 Å². The summed E-state index contributed by atoms with van der Waals surface area (Å²) in [6.45, 7) is 6.69. The average molecular weight is 312 g/mol. The Morgan fingerprint density at radius 3 is 2.09 bits per heavy atom. The number of nitrogens with one attached hydrogen (secondary N) is 1. The number of anilines is 1. The summed E-state index contributed by atoms with van der Waals surface area (Å²) in [5.41, 5.74) is 3.86. The second kappa shape index (κ2) is 7.79. The number of aryl methyl sites for hydroxylation is 2. The first kappa shape index (κ1) is 17.0. The van der Waals surface area contributed by atoms with Gasteiger partial charge in [-0.25, -0.2) is 4.79 Å². The zero-order valence-electron chi connectivity index (χ0n) is 13.9. The normalized spacial score (nSPS) is 11.8. The summed E-state index contributed by atoms with van der Waals surface area (Å²) < 4.78 is 0. The molecule has 4 nitrogen and oxygen atoms in total. The molecule has 2 aromatic rings. The van der Waals surface area contributed by atoms with Crippen molar-refractivity contribution in [1.82, 2.24) is 4.90 Å². The van der Waals surface area contributed by atoms with Gasteiger partial charge in [-0.05, 0) is 38.5 Å². The fourth-order valence-corrected chi connectivity index (χ4v) is 2.30. The monoisotopic (exact) mass is 312 g/mol. The number of hydrogen-bond acceptors (Lipinski definition) is 2. The number of carbonyl (C=O) groups excluding carboxylic acids is 1. The molecule has 1 unspecified atom stereocenters. The molecule has 23 heavy (non-hydrogen) atoms. The van der Waals surface area contributed by atoms with Crippen molar-refractivity contribution in [3.8, 4) is 0 Å². The fraction of sp³-hybridized carbons (Fsp3) is 0.316. The summed E-state index contributed by atoms with van der Waals surface area (Å²) in [6, 6.07) is 15.2. The van der Waals surface area contributed by atoms with Gasteiger partial charge in [0, 0.05) is 12.2 Å². The molecule has 0 heterocycles. The molecule has 1 atom stereocenters. The molecule has 0 saturated heterocycles. The molecule has 0 aliphatic rings. The Morgan fingerprint density at radius 2 is 1.57 bits per heavy atom. The van der Waals surface area contributed by atoms with Gasteiger partial charge in [0.05, 0.1) is 12.6 Å². The molecule has 0 aliphatic carbocycles. The van der Waals surface area contributed by atoms with Gasteiger partial charge >= 0.3 is 6.03 Å². The number of amides is 2. The standard InChI is InChI=1S/C19H24N2O2/c1-4-21(13-18(22)16-9-5-14(2)6-10-16)19(23)20-17-11-7-15(3)8-12-17/h5-12,18,22H,4,13H2,1-3H3,(H,20,23). The second-order valence-corrected chi connectivity index (χ2v) is 5.76. The molecule has 2 rings (SSSR count). The van der Waals surface area contributed by atoms with Crippen LogP contribution in [0, 0.1) is 13.8 Å². The molecule has 0 saturated carbocycles. The third kappa shape index (κ3) is 4.83. The number of carbonyl (C=O) groups is 1. The molecule has 0 bridgehead atoms. The maximum Gasteiger partial charge on any atom is 0.321 e. The zero-order valence-corrected chi connectivity index (χ0v) is 13.9. The van der Waals surface area contributed by atoms with Crippen LogP contribution >= 0.6 is 0 Å². The number of benzene rings is 2. The van der Waals surface area contributed by atoms with Crippen molar-refractivity contribution >= 4 is 11.7 Å². The molecule has 0 fully saturated rings. The number of nitrogens with zero attached hydrogens (tertiary/aromatic N) is 1. The Hall–Kier alpha value is -2.33. The lowest BCUT2D eigenvalue weighted by Crippen LogP contribution is -2.37. The summed E-state index contributed by atoms with van der Waals surface area (Å²) >= 11 is 0. The van der Waals surface area contributed by atoms with Crippen LogP contribution in [-0.2, 0) is 0 Å². The number of hydrogen-bond donors (Lipinski definition) is 2. The van der Waals surface area contributed by atoms with Crippen LogP contribution in [0.2, 0.25) is 0 Å². The lowest BCUT2D eigenvalue weighted by atomic mass is 10.1. The highest BCUT2D eigenvalue weighted by Gasteiger charge is 2.17. The average Bonchev–Trinajstić information content (AvgIpc) is 2.55. The van der Waals surface area contributed by atoms with Crippen molar-refractivity contribution in [2.45, 2.75) is 26.9 Å². The highest BCUT2D eigenvalue weighted by atomic mass is 16.3. The Labute approximate surface area is 137 Å². The first-order valence-electron chi connectivity index (χ1n) is 7.87. The Kier molecular flexibility index (Phi) is 5.77. The van der Waals surface area contributed by atoms with E-state index in [1.165, 1.54) is 0 Å². The van der Waals surface area contributed by atoms with Gasteiger partial charge in [0.15, 0.2) is 0 Å². The molecule has 2 amide bonds. The molecule has 0 aromatic heterocycles. The number of rotatable bonds is 5. The minimum atomic E-state index is -0.695. The van der Waals surface area contributed by atoms with E-state index in [4.69, 9.17) is 0 Å². The molecule has 0 radical (unpaired) electrons. The maximum absolute atomic E-state index is 12.4. The fourth-order valence-electron chi connectivity index (χ4n) is 2.30. The SMILES string of the molecule is CCN(CC(O)c1ccc(C)cc1)C(=O)Nc1ccc(C)cc1. The number of aliphatic hydroxyl groups excluding tert-OH is 1. The van der Waals surface area contributed by atoms with Crippen molar-refractivity contribution in [3.05, 3.63) is 65.2 Å². The van der Waals surface area contributed by atoms with Crippen LogP contribution in [0.3, 0.4) is 0 Å². The summed E-state index contributed by atoms with van der Waals surface area (Å²) in [5, 5.41) is 13.2. The lowest BCUT2D eigenvalue weighted by molar-refractivity contribution is 0.128. The van der Waals surface area contributed by atoms with Gasteiger partial charge in [0.1, 0.15) is 0 Å². The minimum Gasteiger partial charge on any atom is -0.387 e. The van der Waals surface area contributed by atoms with Crippen LogP contribution in [0.1, 0.15) is 29.7 Å². The summed E-state index contributed by atoms with van der Waals surface area (Å²) in [7, 11) is 0. The smallest absolute Gasteiger partial charge is 0.321 e. The molecule has 2 N–H and O–H groups in total. The van der Waals surface area contributed by atoms with Crippen molar-refractivity contribution in [1.29, 1.82) is 0 Å². The van der Waals surface area contributed by atoms with E-state index in [1.54, 1.807) is 4.90 Å². The predicted octanol–water partition coefficient (Wildman–Crippen LogP) is 3.89. The minimum absolute atomic E-state index is 0.206. The maximum atomic E-state index is 12.4. The van der Waals surface area contributed by atoms with Crippen molar-refractivity contribution in [2.75, 3.05) is 18.4 Å². The molecule has 2 aromatic carbocycles. The van der Waals surface area contributed by atoms with Crippen LogP contribution < -0.4 is 5.32 Å². The zero-order chi connectivity index (χ0) is 16.8. The molecule has 122 valence electrons. The van der Waals surface area contributed by atoms with E-state index in [1.807, 2.05) is 69.3 Å². The second-order valence-electron chi connectivity index (χ2n) is 5.76. The Balaban J connectivity index is 1.99. The first-order chi connectivity index (χ1) is 11.0. The van der Waals surface area contributed by atoms with Crippen LogP contribution in [0.15, 0.2) is 48.5 Å². The van der Waals surface area contributed by atoms with Gasteiger partial charge in [0.2, 0.25) is 0 Å². The third-order valence-corrected chi connectivity index (χ3v) is 3.83. The molecule has 4 heteroatoms. The van der Waals surface area contributed by atoms with Crippen molar-refractivity contribution in [2.24, 2.45) is 0 Å². The molecular formula is C19H24N2O2. The van der Waals surface area contributed by atoms with Gasteiger partial charge < -0.3 is 15.3 Å². The molecular weight excluding hydrogens is 288 g/mol. The largest absolute Gasteiger partial charge is 0.387 e. The number of urea groups is 1. The van der Waals surface area contributed by atoms with Gasteiger partial charge in [0.25, 0.3) is 0 Å². The highest BCUT2D eigenvalue weighted by molar-refractivity contribution is 5.89. The lowest BCUT2D eigenvalue weighted by Gasteiger charge is -2.24. The van der Waals surface area contributed by atoms with Crippen LogP contribution in [0.25, 0.3) is 0 Å². The number of likely N-dealkylation sites (N-methyl/N-ethyl adjacent to an activating group) is 1. The van der Waals surface area contributed by atoms with E-state index in [-0.39, 0.29) is 12.6 Å². The summed E-state index contributed by atoms with van der Waals surface area (Å²) in [5.74, 6) is 0. The van der Waals surface area contributed by atoms with Gasteiger partial charge in [-0.3, -0.25) is 0 Å². The van der Waals surface area contributed by atoms with Gasteiger partial charge in [-0.2, -0.15) is 0 Å². The van der Waals surface area contributed by atoms with Crippen LogP contribution in [0.4, 0.5) is 10.5 Å². The van der Waals surface area contributed by atoms with Crippen LogP contribution in [-0.4, -0.2) is 29.1 Å². The van der Waals surface area contributed by atoms with Crippen LogP contribution in [0.5, 0.6) is 0 Å². The Bertz CT molecular complexity index is 635. The molecule has 0 aliphatic heterocycles. The van der Waals surface area contributed by atoms with E-state index in [0.29, 0.717) is 6.54 Å². The number of aliphatic hydroxyl groups is 1. The van der Waals surface area contributed by atoms with Crippen molar-refractivity contribution < 1.29 is 9.90 Å². The van der Waals surface area contributed by atoms with E-state index in [0.717, 1.165) is 22.4 Å². The highest BCUT2D eigenvalue weighted by Crippen LogP contribution is 2.16. The van der Waals surface area contributed by atoms with Gasteiger partial charge in [-0.15, -0.1) is 0 Å². The van der Waals surface area contributed by atoms with E-state index < -0.39 is 6.10 Å². The topological polar surface area (TPSA) is 52.6 Å². The van der Waals surface area contributed by atoms with E-state index >= 15 is 0 Å². The summed E-state index contributed by atoms with van der Waals surface area (Å²) in [6.07, 6.45) is -0.695. The third-order valence-electron chi connectivity index (χ3n) is 3.83. The van der Waals surface area contributed by atoms with Gasteiger partial charge in [-0.1, -0.05) is 47.5 Å². The van der Waals surface area contributed by atoms with Crippen molar-refractivity contribution in [3.63, 3.8) is 0 Å². The first-order valence-corrected chi connectivity index (χ1v) is 7.87. The quantitative estimate of drug-likeness (QED) is 0.880. The Morgan fingerprint density at radius 1 is 1.04 bits per heavy atom. The predicted molar refractivity (Wildman–Crippen MR) is 93.6 cm³/mol. The van der Waals surface area contributed by atoms with E-state index in [2.05, 4.69) is 5.32 Å². The summed E-state index contributed by atoms with van der Waals surface area (Å²) in [4.78, 5) is 14.0. The molecule has 0 spiro atoms.